The van der Waals surface area contributed by atoms with E-state index in [0.29, 0.717) is 13.1 Å². The highest BCUT2D eigenvalue weighted by Crippen LogP contribution is 2.31. The second-order valence-corrected chi connectivity index (χ2v) is 11.0. The number of aromatic nitrogens is 1. The van der Waals surface area contributed by atoms with Crippen LogP contribution in [0.2, 0.25) is 0 Å². The van der Waals surface area contributed by atoms with Crippen LogP contribution in [0.5, 0.6) is 5.88 Å². The molecule has 0 bridgehead atoms. The van der Waals surface area contributed by atoms with Crippen molar-refractivity contribution in [2.45, 2.75) is 64.8 Å². The molecule has 39 heavy (non-hydrogen) atoms. The van der Waals surface area contributed by atoms with Crippen molar-refractivity contribution in [3.63, 3.8) is 0 Å². The van der Waals surface area contributed by atoms with Crippen molar-refractivity contribution in [2.75, 3.05) is 32.9 Å². The molecule has 0 aliphatic carbocycles. The minimum atomic E-state index is -3.91. The number of hydrogen-bond donors (Lipinski definition) is 2. The molecule has 1 aromatic carbocycles. The molecular formula is C27H39N5O6S. The molecule has 12 heteroatoms. The van der Waals surface area contributed by atoms with Gasteiger partial charge in [0.05, 0.1) is 26.4 Å². The molecule has 214 valence electrons. The summed E-state index contributed by atoms with van der Waals surface area (Å²) in [6, 6.07) is 8.06. The molecule has 0 aliphatic rings. The van der Waals surface area contributed by atoms with E-state index in [9.17, 15) is 23.6 Å². The molecule has 0 saturated heterocycles. The van der Waals surface area contributed by atoms with Crippen molar-refractivity contribution < 1.29 is 23.4 Å². The monoisotopic (exact) mass is 561 g/mol. The Morgan fingerprint density at radius 1 is 1.18 bits per heavy atom. The van der Waals surface area contributed by atoms with Gasteiger partial charge < -0.3 is 14.9 Å². The van der Waals surface area contributed by atoms with Gasteiger partial charge in [0.15, 0.2) is 5.69 Å². The van der Waals surface area contributed by atoms with Gasteiger partial charge >= 0.3 is 0 Å². The maximum Gasteiger partial charge on any atom is 0.281 e. The van der Waals surface area contributed by atoms with E-state index in [0.717, 1.165) is 30.3 Å². The average molecular weight is 562 g/mol. The van der Waals surface area contributed by atoms with Gasteiger partial charge in [0, 0.05) is 18.7 Å². The summed E-state index contributed by atoms with van der Waals surface area (Å²) in [7, 11) is -3.91. The van der Waals surface area contributed by atoms with Crippen molar-refractivity contribution in [1.29, 1.82) is 5.26 Å². The number of aromatic hydroxyl groups is 1. The molecule has 1 unspecified atom stereocenters. The first-order valence-corrected chi connectivity index (χ1v) is 14.7. The number of unbranched alkanes of at least 4 members (excludes halogenated alkanes) is 1. The van der Waals surface area contributed by atoms with E-state index in [2.05, 4.69) is 24.1 Å². The van der Waals surface area contributed by atoms with Gasteiger partial charge in [0.1, 0.15) is 22.2 Å². The fraction of sp³-hybridized carbons (Fsp3) is 0.556. The van der Waals surface area contributed by atoms with E-state index in [1.165, 1.54) is 23.4 Å². The number of pyridine rings is 1. The second kappa shape index (κ2) is 15.5. The van der Waals surface area contributed by atoms with Crippen molar-refractivity contribution in [3.05, 3.63) is 45.7 Å². The zero-order valence-corrected chi connectivity index (χ0v) is 23.9. The molecule has 0 radical (unpaired) electrons. The normalized spacial score (nSPS) is 12.7. The Bertz CT molecular complexity index is 1330. The summed E-state index contributed by atoms with van der Waals surface area (Å²) in [5, 5.41) is 37.1. The van der Waals surface area contributed by atoms with E-state index in [1.54, 1.807) is 19.1 Å². The molecule has 0 amide bonds. The zero-order chi connectivity index (χ0) is 29.0. The van der Waals surface area contributed by atoms with E-state index in [-0.39, 0.29) is 59.7 Å². The number of nitrogens with zero attached hydrogens (tertiary/aromatic N) is 5. The van der Waals surface area contributed by atoms with Crippen LogP contribution in [0, 0.1) is 24.2 Å². The van der Waals surface area contributed by atoms with E-state index >= 15 is 0 Å². The van der Waals surface area contributed by atoms with Crippen LogP contribution >= 0.6 is 0 Å². The Balaban J connectivity index is 2.51. The molecule has 0 saturated carbocycles. The van der Waals surface area contributed by atoms with Crippen LogP contribution in [0.3, 0.4) is 0 Å². The van der Waals surface area contributed by atoms with Gasteiger partial charge in [-0.1, -0.05) is 52.2 Å². The molecule has 11 nitrogen and oxygen atoms in total. The minimum Gasteiger partial charge on any atom is -0.493 e. The number of sulfonamides is 1. The Labute approximate surface area is 230 Å². The van der Waals surface area contributed by atoms with Crippen molar-refractivity contribution in [1.82, 2.24) is 8.87 Å². The van der Waals surface area contributed by atoms with Gasteiger partial charge in [0.25, 0.3) is 5.56 Å². The Morgan fingerprint density at radius 2 is 1.90 bits per heavy atom. The molecule has 1 atom stereocenters. The fourth-order valence-corrected chi connectivity index (χ4v) is 5.84. The molecule has 0 fully saturated rings. The number of nitriles is 1. The number of benzene rings is 1. The Hall–Kier alpha value is -3.11. The van der Waals surface area contributed by atoms with Crippen LogP contribution in [0.4, 0.5) is 11.4 Å². The third kappa shape index (κ3) is 7.95. The maximum atomic E-state index is 13.7. The van der Waals surface area contributed by atoms with E-state index < -0.39 is 21.5 Å². The number of aliphatic hydroxyl groups excluding tert-OH is 1. The van der Waals surface area contributed by atoms with Gasteiger partial charge in [-0.05, 0) is 31.4 Å². The van der Waals surface area contributed by atoms with E-state index in [4.69, 9.17) is 9.84 Å². The number of aliphatic hydroxyl groups is 1. The maximum absolute atomic E-state index is 13.7. The first-order chi connectivity index (χ1) is 18.7. The molecule has 0 spiro atoms. The number of hydrogen-bond acceptors (Lipinski definition) is 9. The average Bonchev–Trinajstić information content (AvgIpc) is 2.93. The second-order valence-electron chi connectivity index (χ2n) is 9.12. The van der Waals surface area contributed by atoms with E-state index in [1.807, 2.05) is 6.07 Å². The summed E-state index contributed by atoms with van der Waals surface area (Å²) < 4.78 is 34.9. The standard InChI is InChI=1S/C27H39N5O6S/c1-5-8-11-21(6-2)19-31(7-3)39(36,37)24-13-10-9-12-23(24)29-30-25-20(4)22(18-28)26(34)32(27(25)35)14-16-38-17-15-33/h9-10,12-13,21,33-34H,5-8,11,14-17,19H2,1-4H3. The largest absolute Gasteiger partial charge is 0.493 e. The van der Waals surface area contributed by atoms with Crippen LogP contribution < -0.4 is 5.56 Å². The number of ether oxygens (including phenoxy) is 1. The smallest absolute Gasteiger partial charge is 0.281 e. The topological polar surface area (TPSA) is 158 Å². The highest BCUT2D eigenvalue weighted by molar-refractivity contribution is 7.89. The summed E-state index contributed by atoms with van der Waals surface area (Å²) in [5.74, 6) is -0.293. The highest BCUT2D eigenvalue weighted by Gasteiger charge is 2.28. The lowest BCUT2D eigenvalue weighted by atomic mass is 9.99. The van der Waals surface area contributed by atoms with Gasteiger partial charge in [-0.25, -0.2) is 8.42 Å². The molecule has 1 heterocycles. The predicted octanol–water partition coefficient (Wildman–Crippen LogP) is 4.39. The molecule has 1 aromatic heterocycles. The molecule has 0 aliphatic heterocycles. The first-order valence-electron chi connectivity index (χ1n) is 13.2. The molecular weight excluding hydrogens is 522 g/mol. The quantitative estimate of drug-likeness (QED) is 0.227. The van der Waals surface area contributed by atoms with Crippen LogP contribution in [-0.2, 0) is 21.3 Å². The zero-order valence-electron chi connectivity index (χ0n) is 23.1. The Morgan fingerprint density at radius 3 is 2.51 bits per heavy atom. The Kier molecular flexibility index (Phi) is 12.7. The number of azo groups is 1. The van der Waals surface area contributed by atoms with Gasteiger partial charge in [-0.15, -0.1) is 10.2 Å². The third-order valence-corrected chi connectivity index (χ3v) is 8.55. The fourth-order valence-electron chi connectivity index (χ4n) is 4.19. The van der Waals surface area contributed by atoms with Crippen LogP contribution in [0.15, 0.2) is 44.2 Å². The highest BCUT2D eigenvalue weighted by atomic mass is 32.2. The molecule has 2 rings (SSSR count). The van der Waals surface area contributed by atoms with Crippen LogP contribution in [0.1, 0.15) is 57.6 Å². The van der Waals surface area contributed by atoms with Crippen molar-refractivity contribution >= 4 is 21.4 Å². The predicted molar refractivity (Wildman–Crippen MR) is 148 cm³/mol. The molecule has 2 N–H and O–H groups in total. The van der Waals surface area contributed by atoms with Crippen LogP contribution in [0.25, 0.3) is 0 Å². The number of rotatable bonds is 16. The SMILES string of the molecule is CCCCC(CC)CN(CC)S(=O)(=O)c1ccccc1N=Nc1c(C)c(C#N)c(O)n(CCOCCO)c1=O. The summed E-state index contributed by atoms with van der Waals surface area (Å²) in [6.45, 7) is 7.88. The minimum absolute atomic E-state index is 0.00345. The van der Waals surface area contributed by atoms with Crippen molar-refractivity contribution in [3.8, 4) is 11.9 Å². The lowest BCUT2D eigenvalue weighted by molar-refractivity contribution is 0.0854. The summed E-state index contributed by atoms with van der Waals surface area (Å²) >= 11 is 0. The van der Waals surface area contributed by atoms with Gasteiger partial charge in [0.2, 0.25) is 15.9 Å². The summed E-state index contributed by atoms with van der Waals surface area (Å²) in [5.41, 5.74) is -0.884. The molecule has 2 aromatic rings. The van der Waals surface area contributed by atoms with Crippen molar-refractivity contribution in [2.24, 2.45) is 16.1 Å². The van der Waals surface area contributed by atoms with Gasteiger partial charge in [-0.2, -0.15) is 9.57 Å². The summed E-state index contributed by atoms with van der Waals surface area (Å²) in [4.78, 5) is 13.1. The summed E-state index contributed by atoms with van der Waals surface area (Å²) in [6.07, 6.45) is 3.88. The van der Waals surface area contributed by atoms with Gasteiger partial charge in [-0.3, -0.25) is 9.36 Å². The first kappa shape index (κ1) is 32.1. The van der Waals surface area contributed by atoms with Crippen LogP contribution in [-0.4, -0.2) is 60.4 Å². The lowest BCUT2D eigenvalue weighted by Gasteiger charge is -2.26. The third-order valence-electron chi connectivity index (χ3n) is 6.56. The lowest BCUT2D eigenvalue weighted by Crippen LogP contribution is -2.35.